The highest BCUT2D eigenvalue weighted by Crippen LogP contribution is 2.31. The van der Waals surface area contributed by atoms with Gasteiger partial charge in [-0.05, 0) is 56.0 Å². The molecule has 1 aliphatic rings. The minimum atomic E-state index is 0.294. The van der Waals surface area contributed by atoms with Gasteiger partial charge in [0, 0.05) is 36.7 Å². The summed E-state index contributed by atoms with van der Waals surface area (Å²) < 4.78 is 3.92. The van der Waals surface area contributed by atoms with Gasteiger partial charge in [0.25, 0.3) is 0 Å². The summed E-state index contributed by atoms with van der Waals surface area (Å²) in [5, 5.41) is 12.8. The quantitative estimate of drug-likeness (QED) is 0.566. The van der Waals surface area contributed by atoms with Gasteiger partial charge in [0.05, 0.1) is 17.6 Å². The van der Waals surface area contributed by atoms with Gasteiger partial charge in [-0.2, -0.15) is 10.2 Å². The molecule has 0 fully saturated rings. The number of nitrogens with zero attached hydrogens (tertiary/aromatic N) is 5. The van der Waals surface area contributed by atoms with Crippen LogP contribution in [0.5, 0.6) is 0 Å². The van der Waals surface area contributed by atoms with Crippen molar-refractivity contribution < 1.29 is 0 Å². The zero-order chi connectivity index (χ0) is 19.6. The summed E-state index contributed by atoms with van der Waals surface area (Å²) in [6.07, 6.45) is 10.9. The monoisotopic (exact) mass is 384 g/mol. The van der Waals surface area contributed by atoms with Gasteiger partial charge >= 0.3 is 0 Å². The number of benzene rings is 1. The molecule has 5 rings (SSSR count). The van der Waals surface area contributed by atoms with Gasteiger partial charge in [-0.1, -0.05) is 23.8 Å². The molecule has 0 bridgehead atoms. The number of aryl methyl sites for hydroxylation is 1. The number of pyridine rings is 1. The van der Waals surface area contributed by atoms with Crippen molar-refractivity contribution in [2.45, 2.75) is 38.8 Å². The van der Waals surface area contributed by atoms with E-state index in [4.69, 9.17) is 0 Å². The second kappa shape index (κ2) is 7.64. The predicted molar refractivity (Wildman–Crippen MR) is 112 cm³/mol. The number of hydrogen-bond acceptors (Lipinski definition) is 4. The van der Waals surface area contributed by atoms with E-state index in [0.717, 1.165) is 37.3 Å². The van der Waals surface area contributed by atoms with Crippen LogP contribution in [0.2, 0.25) is 0 Å². The molecule has 0 aliphatic heterocycles. The summed E-state index contributed by atoms with van der Waals surface area (Å²) in [7, 11) is 0. The Morgan fingerprint density at radius 1 is 1.10 bits per heavy atom. The summed E-state index contributed by atoms with van der Waals surface area (Å²) >= 11 is 0. The maximum atomic E-state index is 4.65. The summed E-state index contributed by atoms with van der Waals surface area (Å²) in [6.45, 7) is 2.92. The van der Waals surface area contributed by atoms with E-state index in [9.17, 15) is 0 Å². The van der Waals surface area contributed by atoms with Crippen LogP contribution in [0.25, 0.3) is 11.5 Å². The van der Waals surface area contributed by atoms with Crippen LogP contribution in [0, 0.1) is 6.92 Å². The lowest BCUT2D eigenvalue weighted by Gasteiger charge is -2.25. The molecule has 6 heteroatoms. The SMILES string of the molecule is Cc1ccc(-n2cccn2)c(CN[C@@H]2CCCc3c2cnn3-c2ccccn2)c1. The smallest absolute Gasteiger partial charge is 0.153 e. The Balaban J connectivity index is 1.40. The fraction of sp³-hybridized carbons (Fsp3) is 0.261. The molecule has 3 heterocycles. The van der Waals surface area contributed by atoms with Crippen LogP contribution in [-0.4, -0.2) is 24.5 Å². The molecular weight excluding hydrogens is 360 g/mol. The van der Waals surface area contributed by atoms with Crippen molar-refractivity contribution in [1.29, 1.82) is 0 Å². The minimum absolute atomic E-state index is 0.294. The van der Waals surface area contributed by atoms with Gasteiger partial charge < -0.3 is 5.32 Å². The van der Waals surface area contributed by atoms with Crippen LogP contribution >= 0.6 is 0 Å². The van der Waals surface area contributed by atoms with E-state index in [1.54, 1.807) is 0 Å². The third-order valence-corrected chi connectivity index (χ3v) is 5.57. The number of rotatable bonds is 5. The second-order valence-corrected chi connectivity index (χ2v) is 7.55. The van der Waals surface area contributed by atoms with Crippen molar-refractivity contribution in [3.05, 3.63) is 89.6 Å². The van der Waals surface area contributed by atoms with E-state index in [-0.39, 0.29) is 0 Å². The molecule has 1 atom stereocenters. The molecule has 4 aromatic rings. The normalized spacial score (nSPS) is 16.0. The van der Waals surface area contributed by atoms with Gasteiger partial charge in [0.2, 0.25) is 0 Å². The molecule has 1 aromatic carbocycles. The number of hydrogen-bond donors (Lipinski definition) is 1. The van der Waals surface area contributed by atoms with E-state index >= 15 is 0 Å². The van der Waals surface area contributed by atoms with Crippen molar-refractivity contribution in [2.75, 3.05) is 0 Å². The Morgan fingerprint density at radius 3 is 2.90 bits per heavy atom. The van der Waals surface area contributed by atoms with Gasteiger partial charge in [-0.25, -0.2) is 14.3 Å². The topological polar surface area (TPSA) is 60.6 Å². The number of aromatic nitrogens is 5. The fourth-order valence-corrected chi connectivity index (χ4v) is 4.17. The molecular formula is C23H24N6. The number of nitrogens with one attached hydrogen (secondary N) is 1. The average molecular weight is 384 g/mol. The van der Waals surface area contributed by atoms with Gasteiger partial charge in [0.15, 0.2) is 5.82 Å². The predicted octanol–water partition coefficient (Wildman–Crippen LogP) is 3.93. The molecule has 0 spiro atoms. The number of fused-ring (bicyclic) bond motifs is 1. The standard InChI is InChI=1S/C23H24N6/c1-17-9-10-21(28-13-5-12-26-28)18(14-17)15-25-20-6-4-7-22-19(20)16-27-29(22)23-8-2-3-11-24-23/h2-3,5,8-14,16,20,25H,4,6-7,15H2,1H3/t20-/m1/s1. The summed E-state index contributed by atoms with van der Waals surface area (Å²) in [4.78, 5) is 4.47. The zero-order valence-electron chi connectivity index (χ0n) is 16.5. The Hall–Kier alpha value is -3.25. The summed E-state index contributed by atoms with van der Waals surface area (Å²) in [5.41, 5.74) is 6.18. The molecule has 1 aliphatic carbocycles. The molecule has 0 unspecified atom stereocenters. The Morgan fingerprint density at radius 2 is 2.07 bits per heavy atom. The van der Waals surface area contributed by atoms with Crippen molar-refractivity contribution in [3.63, 3.8) is 0 Å². The molecule has 0 saturated heterocycles. The van der Waals surface area contributed by atoms with E-state index in [2.05, 4.69) is 45.6 Å². The van der Waals surface area contributed by atoms with E-state index in [1.165, 1.54) is 22.4 Å². The summed E-state index contributed by atoms with van der Waals surface area (Å²) in [6, 6.07) is 14.7. The lowest BCUT2D eigenvalue weighted by molar-refractivity contribution is 0.454. The maximum absolute atomic E-state index is 4.65. The molecule has 146 valence electrons. The highest BCUT2D eigenvalue weighted by atomic mass is 15.3. The molecule has 0 amide bonds. The second-order valence-electron chi connectivity index (χ2n) is 7.55. The van der Waals surface area contributed by atoms with Crippen molar-refractivity contribution in [3.8, 4) is 11.5 Å². The average Bonchev–Trinajstić information content (AvgIpc) is 3.43. The van der Waals surface area contributed by atoms with Crippen LogP contribution in [0.3, 0.4) is 0 Å². The van der Waals surface area contributed by atoms with Gasteiger partial charge in [-0.15, -0.1) is 0 Å². The van der Waals surface area contributed by atoms with E-state index < -0.39 is 0 Å². The highest BCUT2D eigenvalue weighted by molar-refractivity contribution is 5.43. The van der Waals surface area contributed by atoms with Crippen molar-refractivity contribution in [2.24, 2.45) is 0 Å². The lowest BCUT2D eigenvalue weighted by Crippen LogP contribution is -2.25. The lowest BCUT2D eigenvalue weighted by atomic mass is 9.92. The molecule has 1 N–H and O–H groups in total. The molecule has 6 nitrogen and oxygen atoms in total. The Bertz CT molecular complexity index is 1100. The third-order valence-electron chi connectivity index (χ3n) is 5.57. The molecule has 0 saturated carbocycles. The molecule has 3 aromatic heterocycles. The Labute approximate surface area is 170 Å². The first kappa shape index (κ1) is 17.8. The molecule has 29 heavy (non-hydrogen) atoms. The largest absolute Gasteiger partial charge is 0.306 e. The van der Waals surface area contributed by atoms with Gasteiger partial charge in [-0.3, -0.25) is 0 Å². The van der Waals surface area contributed by atoms with Crippen LogP contribution in [0.15, 0.2) is 67.3 Å². The fourth-order valence-electron chi connectivity index (χ4n) is 4.17. The first-order valence-corrected chi connectivity index (χ1v) is 10.1. The van der Waals surface area contributed by atoms with Crippen LogP contribution in [0.1, 0.15) is 41.3 Å². The first-order valence-electron chi connectivity index (χ1n) is 10.1. The summed E-state index contributed by atoms with van der Waals surface area (Å²) in [5.74, 6) is 0.883. The van der Waals surface area contributed by atoms with Gasteiger partial charge in [0.1, 0.15) is 0 Å². The first-order chi connectivity index (χ1) is 14.3. The molecule has 0 radical (unpaired) electrons. The van der Waals surface area contributed by atoms with Crippen LogP contribution in [0.4, 0.5) is 0 Å². The van der Waals surface area contributed by atoms with Crippen molar-refractivity contribution in [1.82, 2.24) is 29.9 Å². The van der Waals surface area contributed by atoms with E-state index in [1.807, 2.05) is 58.4 Å². The zero-order valence-corrected chi connectivity index (χ0v) is 16.5. The Kier molecular flexibility index (Phi) is 4.69. The van der Waals surface area contributed by atoms with Crippen molar-refractivity contribution >= 4 is 0 Å². The highest BCUT2D eigenvalue weighted by Gasteiger charge is 2.25. The van der Waals surface area contributed by atoms with Crippen LogP contribution < -0.4 is 5.32 Å². The van der Waals surface area contributed by atoms with E-state index in [0.29, 0.717) is 6.04 Å². The maximum Gasteiger partial charge on any atom is 0.153 e. The minimum Gasteiger partial charge on any atom is -0.306 e. The van der Waals surface area contributed by atoms with Crippen LogP contribution in [-0.2, 0) is 13.0 Å². The third kappa shape index (κ3) is 3.47.